The Balaban J connectivity index is 2.36. The molecule has 0 fully saturated rings. The van der Waals surface area contributed by atoms with E-state index in [4.69, 9.17) is 9.15 Å². The van der Waals surface area contributed by atoms with Crippen LogP contribution in [0.15, 0.2) is 27.8 Å². The average molecular weight is 338 g/mol. The van der Waals surface area contributed by atoms with Gasteiger partial charge in [0.25, 0.3) is 0 Å². The molecule has 0 aromatic carbocycles. The first-order valence-corrected chi connectivity index (χ1v) is 8.09. The third kappa shape index (κ3) is 8.45. The van der Waals surface area contributed by atoms with Crippen LogP contribution in [0.1, 0.15) is 40.4 Å². The number of hydrogen-bond acceptors (Lipinski definition) is 4. The predicted molar refractivity (Wildman–Crippen MR) is 95.2 cm³/mol. The Morgan fingerprint density at radius 1 is 1.25 bits per heavy atom. The van der Waals surface area contributed by atoms with Crippen LogP contribution in [0.2, 0.25) is 0 Å². The number of amides is 1. The standard InChI is InChI=1S/C17H30N4O3/c1-16(2,3)24-15(22)21-17(4,5)12-20-14(18-6)19-10-9-13-8-7-11-23-13/h7-8,11H,9-10,12H2,1-6H3,(H,21,22)(H2,18,19,20). The summed E-state index contributed by atoms with van der Waals surface area (Å²) in [4.78, 5) is 16.0. The normalized spacial score (nSPS) is 12.7. The smallest absolute Gasteiger partial charge is 0.408 e. The van der Waals surface area contributed by atoms with Gasteiger partial charge in [-0.05, 0) is 46.8 Å². The molecule has 0 saturated heterocycles. The zero-order valence-corrected chi connectivity index (χ0v) is 15.5. The van der Waals surface area contributed by atoms with Crippen LogP contribution in [0, 0.1) is 0 Å². The SMILES string of the molecule is CN=C(NCCc1ccco1)NCC(C)(C)NC(=O)OC(C)(C)C. The quantitative estimate of drug-likeness (QED) is 0.547. The van der Waals surface area contributed by atoms with Gasteiger partial charge in [-0.15, -0.1) is 0 Å². The second-order valence-corrected chi connectivity index (χ2v) is 7.19. The molecular weight excluding hydrogens is 308 g/mol. The van der Waals surface area contributed by atoms with Crippen LogP contribution in [0.3, 0.4) is 0 Å². The number of guanidine groups is 1. The van der Waals surface area contributed by atoms with Gasteiger partial charge in [0.2, 0.25) is 0 Å². The van der Waals surface area contributed by atoms with E-state index < -0.39 is 17.2 Å². The Hall–Kier alpha value is -2.18. The summed E-state index contributed by atoms with van der Waals surface area (Å²) in [6.45, 7) is 10.5. The van der Waals surface area contributed by atoms with Crippen molar-refractivity contribution in [3.63, 3.8) is 0 Å². The molecule has 0 aliphatic carbocycles. The van der Waals surface area contributed by atoms with E-state index in [1.807, 2.05) is 46.8 Å². The van der Waals surface area contributed by atoms with E-state index in [1.165, 1.54) is 0 Å². The predicted octanol–water partition coefficient (Wildman–Crippen LogP) is 2.29. The summed E-state index contributed by atoms with van der Waals surface area (Å²) in [5.41, 5.74) is -1.00. The van der Waals surface area contributed by atoms with E-state index in [2.05, 4.69) is 20.9 Å². The highest BCUT2D eigenvalue weighted by Gasteiger charge is 2.24. The van der Waals surface area contributed by atoms with Gasteiger partial charge in [0.05, 0.1) is 11.8 Å². The number of carbonyl (C=O) groups excluding carboxylic acids is 1. The molecular formula is C17H30N4O3. The molecule has 0 saturated carbocycles. The van der Waals surface area contributed by atoms with Gasteiger partial charge >= 0.3 is 6.09 Å². The van der Waals surface area contributed by atoms with Crippen molar-refractivity contribution in [3.8, 4) is 0 Å². The molecule has 24 heavy (non-hydrogen) atoms. The van der Waals surface area contributed by atoms with Gasteiger partial charge in [-0.3, -0.25) is 4.99 Å². The lowest BCUT2D eigenvalue weighted by Gasteiger charge is -2.29. The average Bonchev–Trinajstić information content (AvgIpc) is 2.92. The van der Waals surface area contributed by atoms with Crippen molar-refractivity contribution in [1.82, 2.24) is 16.0 Å². The Kier molecular flexibility index (Phi) is 7.13. The highest BCUT2D eigenvalue weighted by molar-refractivity contribution is 5.79. The number of nitrogens with zero attached hydrogens (tertiary/aromatic N) is 1. The second kappa shape index (κ2) is 8.61. The number of alkyl carbamates (subject to hydrolysis) is 1. The van der Waals surface area contributed by atoms with E-state index in [1.54, 1.807) is 13.3 Å². The number of carbonyl (C=O) groups is 1. The third-order valence-corrected chi connectivity index (χ3v) is 3.00. The van der Waals surface area contributed by atoms with Gasteiger partial charge in [-0.1, -0.05) is 0 Å². The molecule has 0 aliphatic rings. The lowest BCUT2D eigenvalue weighted by molar-refractivity contribution is 0.0474. The molecule has 0 radical (unpaired) electrons. The van der Waals surface area contributed by atoms with E-state index in [9.17, 15) is 4.79 Å². The van der Waals surface area contributed by atoms with Gasteiger partial charge in [0, 0.05) is 26.6 Å². The Morgan fingerprint density at radius 3 is 2.50 bits per heavy atom. The van der Waals surface area contributed by atoms with Crippen molar-refractivity contribution in [2.45, 2.75) is 52.2 Å². The number of nitrogens with one attached hydrogen (secondary N) is 3. The summed E-state index contributed by atoms with van der Waals surface area (Å²) < 4.78 is 10.6. The molecule has 7 heteroatoms. The monoisotopic (exact) mass is 338 g/mol. The van der Waals surface area contributed by atoms with Crippen LogP contribution < -0.4 is 16.0 Å². The maximum absolute atomic E-state index is 11.9. The molecule has 0 aliphatic heterocycles. The Bertz CT molecular complexity index is 531. The van der Waals surface area contributed by atoms with Crippen molar-refractivity contribution in [2.24, 2.45) is 4.99 Å². The summed E-state index contributed by atoms with van der Waals surface area (Å²) in [6.07, 6.45) is 2.00. The molecule has 7 nitrogen and oxygen atoms in total. The van der Waals surface area contributed by atoms with Crippen molar-refractivity contribution in [3.05, 3.63) is 24.2 Å². The van der Waals surface area contributed by atoms with Crippen LogP contribution in [0.4, 0.5) is 4.79 Å². The van der Waals surface area contributed by atoms with Crippen molar-refractivity contribution >= 4 is 12.1 Å². The highest BCUT2D eigenvalue weighted by atomic mass is 16.6. The number of furan rings is 1. The number of hydrogen-bond donors (Lipinski definition) is 3. The molecule has 136 valence electrons. The van der Waals surface area contributed by atoms with E-state index in [0.29, 0.717) is 19.0 Å². The van der Waals surface area contributed by atoms with E-state index in [0.717, 1.165) is 12.2 Å². The first kappa shape index (κ1) is 19.9. The summed E-state index contributed by atoms with van der Waals surface area (Å²) in [7, 11) is 1.70. The summed E-state index contributed by atoms with van der Waals surface area (Å²) >= 11 is 0. The number of aliphatic imine (C=N–C) groups is 1. The van der Waals surface area contributed by atoms with Crippen LogP contribution in [0.5, 0.6) is 0 Å². The first-order valence-electron chi connectivity index (χ1n) is 8.09. The molecule has 0 unspecified atom stereocenters. The molecule has 1 rings (SSSR count). The fraction of sp³-hybridized carbons (Fsp3) is 0.647. The molecule has 0 spiro atoms. The zero-order valence-electron chi connectivity index (χ0n) is 15.5. The molecule has 1 heterocycles. The van der Waals surface area contributed by atoms with Crippen LogP contribution in [-0.4, -0.2) is 43.3 Å². The topological polar surface area (TPSA) is 87.9 Å². The number of rotatable bonds is 6. The fourth-order valence-corrected chi connectivity index (χ4v) is 1.91. The lowest BCUT2D eigenvalue weighted by atomic mass is 10.1. The maximum Gasteiger partial charge on any atom is 0.408 e. The zero-order chi connectivity index (χ0) is 18.2. The van der Waals surface area contributed by atoms with E-state index >= 15 is 0 Å². The van der Waals surface area contributed by atoms with Gasteiger partial charge in [0.1, 0.15) is 11.4 Å². The Labute approximate surface area is 144 Å². The summed E-state index contributed by atoms with van der Waals surface area (Å²) in [6, 6.07) is 3.80. The fourth-order valence-electron chi connectivity index (χ4n) is 1.91. The van der Waals surface area contributed by atoms with Gasteiger partial charge in [-0.25, -0.2) is 4.79 Å². The Morgan fingerprint density at radius 2 is 1.96 bits per heavy atom. The van der Waals surface area contributed by atoms with Crippen LogP contribution in [0.25, 0.3) is 0 Å². The van der Waals surface area contributed by atoms with Crippen molar-refractivity contribution in [2.75, 3.05) is 20.1 Å². The first-order chi connectivity index (χ1) is 11.1. The lowest BCUT2D eigenvalue weighted by Crippen LogP contribution is -2.54. The minimum absolute atomic E-state index is 0.435. The molecule has 1 aromatic heterocycles. The summed E-state index contributed by atoms with van der Waals surface area (Å²) in [5.74, 6) is 1.59. The molecule has 1 amide bonds. The van der Waals surface area contributed by atoms with Gasteiger partial charge in [-0.2, -0.15) is 0 Å². The molecule has 0 bridgehead atoms. The van der Waals surface area contributed by atoms with Crippen molar-refractivity contribution < 1.29 is 13.9 Å². The second-order valence-electron chi connectivity index (χ2n) is 7.19. The van der Waals surface area contributed by atoms with Gasteiger partial charge < -0.3 is 25.1 Å². The number of ether oxygens (including phenoxy) is 1. The minimum Gasteiger partial charge on any atom is -0.469 e. The third-order valence-electron chi connectivity index (χ3n) is 3.00. The van der Waals surface area contributed by atoms with Crippen molar-refractivity contribution in [1.29, 1.82) is 0 Å². The van der Waals surface area contributed by atoms with Gasteiger partial charge in [0.15, 0.2) is 5.96 Å². The van der Waals surface area contributed by atoms with Crippen LogP contribution in [-0.2, 0) is 11.2 Å². The summed E-state index contributed by atoms with van der Waals surface area (Å²) in [5, 5.41) is 9.25. The van der Waals surface area contributed by atoms with E-state index in [-0.39, 0.29) is 0 Å². The maximum atomic E-state index is 11.9. The molecule has 0 atom stereocenters. The molecule has 3 N–H and O–H groups in total. The highest BCUT2D eigenvalue weighted by Crippen LogP contribution is 2.09. The molecule has 1 aromatic rings. The van der Waals surface area contributed by atoms with Crippen LogP contribution >= 0.6 is 0 Å². The largest absolute Gasteiger partial charge is 0.469 e. The minimum atomic E-state index is -0.517.